The van der Waals surface area contributed by atoms with Gasteiger partial charge in [-0.3, -0.25) is 0 Å². The summed E-state index contributed by atoms with van der Waals surface area (Å²) in [6.07, 6.45) is 27.2. The molecule has 0 atom stereocenters. The third kappa shape index (κ3) is 11.8. The summed E-state index contributed by atoms with van der Waals surface area (Å²) < 4.78 is 0. The van der Waals surface area contributed by atoms with Crippen LogP contribution in [-0.4, -0.2) is 18.0 Å². The largest absolute Gasteiger partial charge is 0.374 e. The van der Waals surface area contributed by atoms with Gasteiger partial charge in [0.25, 0.3) is 0 Å². The SMILES string of the molecule is CCCCCCCCCCCCCCCCN1C=CC(C(C)(C)C)=CC1. The second-order valence-corrected chi connectivity index (χ2v) is 9.32. The molecule has 1 nitrogen and oxygen atoms in total. The first-order valence-corrected chi connectivity index (χ1v) is 11.7. The van der Waals surface area contributed by atoms with E-state index < -0.39 is 0 Å². The fourth-order valence-electron chi connectivity index (χ4n) is 3.76. The first-order chi connectivity index (χ1) is 12.5. The number of nitrogens with zero attached hydrogens (tertiary/aromatic N) is 1. The highest BCUT2D eigenvalue weighted by Gasteiger charge is 2.16. The third-order valence-corrected chi connectivity index (χ3v) is 5.68. The van der Waals surface area contributed by atoms with Crippen LogP contribution in [0.1, 0.15) is 118 Å². The number of hydrogen-bond acceptors (Lipinski definition) is 1. The smallest absolute Gasteiger partial charge is 0.0359 e. The Kier molecular flexibility index (Phi) is 12.9. The zero-order valence-electron chi connectivity index (χ0n) is 18.5. The monoisotopic (exact) mass is 361 g/mol. The zero-order chi connectivity index (χ0) is 19.1. The molecule has 0 aliphatic carbocycles. The summed E-state index contributed by atoms with van der Waals surface area (Å²) in [6, 6.07) is 0. The topological polar surface area (TPSA) is 3.24 Å². The van der Waals surface area contributed by atoms with Crippen molar-refractivity contribution in [2.45, 2.75) is 118 Å². The van der Waals surface area contributed by atoms with Gasteiger partial charge in [0.15, 0.2) is 0 Å². The maximum atomic E-state index is 2.47. The molecule has 0 spiro atoms. The molecule has 1 heterocycles. The molecule has 0 aromatic rings. The maximum Gasteiger partial charge on any atom is 0.0359 e. The van der Waals surface area contributed by atoms with Crippen molar-refractivity contribution in [3.05, 3.63) is 23.9 Å². The molecule has 0 unspecified atom stereocenters. The van der Waals surface area contributed by atoms with E-state index in [2.05, 4.69) is 50.9 Å². The van der Waals surface area contributed by atoms with E-state index in [9.17, 15) is 0 Å². The first kappa shape index (κ1) is 23.3. The van der Waals surface area contributed by atoms with Crippen molar-refractivity contribution in [1.29, 1.82) is 0 Å². The molecule has 0 amide bonds. The van der Waals surface area contributed by atoms with E-state index in [4.69, 9.17) is 0 Å². The number of unbranched alkanes of at least 4 members (excludes halogenated alkanes) is 13. The summed E-state index contributed by atoms with van der Waals surface area (Å²) in [5, 5.41) is 0. The molecule has 0 N–H and O–H groups in total. The quantitative estimate of drug-likeness (QED) is 0.265. The molecule has 0 aromatic heterocycles. The minimum atomic E-state index is 0.289. The van der Waals surface area contributed by atoms with Gasteiger partial charge in [-0.05, 0) is 29.7 Å². The van der Waals surface area contributed by atoms with Gasteiger partial charge in [-0.1, -0.05) is 117 Å². The molecule has 0 saturated heterocycles. The molecule has 1 aliphatic heterocycles. The summed E-state index contributed by atoms with van der Waals surface area (Å²) in [7, 11) is 0. The van der Waals surface area contributed by atoms with Crippen LogP contribution in [0.5, 0.6) is 0 Å². The van der Waals surface area contributed by atoms with Gasteiger partial charge in [0.05, 0.1) is 0 Å². The fraction of sp³-hybridized carbons (Fsp3) is 0.840. The Labute approximate surface area is 165 Å². The molecular weight excluding hydrogens is 314 g/mol. The highest BCUT2D eigenvalue weighted by molar-refractivity contribution is 5.27. The van der Waals surface area contributed by atoms with Gasteiger partial charge in [0.2, 0.25) is 0 Å². The zero-order valence-corrected chi connectivity index (χ0v) is 18.5. The van der Waals surface area contributed by atoms with Crippen molar-refractivity contribution in [1.82, 2.24) is 4.90 Å². The standard InChI is InChI=1S/C25H47N/c1-5-6-7-8-9-10-11-12-13-14-15-16-17-18-21-26-22-19-24(20-23-26)25(2,3)4/h19-20,22H,5-18,21,23H2,1-4H3. The molecular formula is C25H47N. The molecule has 0 saturated carbocycles. The Bertz CT molecular complexity index is 385. The lowest BCUT2D eigenvalue weighted by Crippen LogP contribution is -2.23. The van der Waals surface area contributed by atoms with Crippen molar-refractivity contribution < 1.29 is 0 Å². The lowest BCUT2D eigenvalue weighted by atomic mass is 9.85. The Morgan fingerprint density at radius 1 is 0.731 bits per heavy atom. The van der Waals surface area contributed by atoms with Crippen molar-refractivity contribution in [3.8, 4) is 0 Å². The fourth-order valence-corrected chi connectivity index (χ4v) is 3.76. The minimum absolute atomic E-state index is 0.289. The molecule has 1 rings (SSSR count). The van der Waals surface area contributed by atoms with E-state index in [1.807, 2.05) is 0 Å². The number of allylic oxidation sites excluding steroid dienone is 2. The van der Waals surface area contributed by atoms with E-state index in [1.165, 1.54) is 102 Å². The lowest BCUT2D eigenvalue weighted by Gasteiger charge is -2.28. The number of hydrogen-bond donors (Lipinski definition) is 0. The second-order valence-electron chi connectivity index (χ2n) is 9.32. The molecule has 0 bridgehead atoms. The van der Waals surface area contributed by atoms with Gasteiger partial charge in [-0.2, -0.15) is 0 Å². The molecule has 0 aromatic carbocycles. The lowest BCUT2D eigenvalue weighted by molar-refractivity contribution is 0.382. The van der Waals surface area contributed by atoms with Crippen LogP contribution in [0.4, 0.5) is 0 Å². The Balaban J connectivity index is 1.83. The normalized spacial score (nSPS) is 14.8. The van der Waals surface area contributed by atoms with Gasteiger partial charge >= 0.3 is 0 Å². The predicted octanol–water partition coefficient (Wildman–Crippen LogP) is 8.27. The van der Waals surface area contributed by atoms with Crippen LogP contribution in [0.25, 0.3) is 0 Å². The van der Waals surface area contributed by atoms with Gasteiger partial charge < -0.3 is 4.90 Å². The van der Waals surface area contributed by atoms with Crippen molar-refractivity contribution in [3.63, 3.8) is 0 Å². The summed E-state index contributed by atoms with van der Waals surface area (Å²) in [6.45, 7) is 11.5. The van der Waals surface area contributed by atoms with E-state index in [0.29, 0.717) is 0 Å². The van der Waals surface area contributed by atoms with E-state index >= 15 is 0 Å². The van der Waals surface area contributed by atoms with E-state index in [1.54, 1.807) is 0 Å². The third-order valence-electron chi connectivity index (χ3n) is 5.68. The van der Waals surface area contributed by atoms with Gasteiger partial charge in [-0.15, -0.1) is 0 Å². The van der Waals surface area contributed by atoms with Crippen LogP contribution in [0, 0.1) is 5.41 Å². The van der Waals surface area contributed by atoms with Crippen LogP contribution >= 0.6 is 0 Å². The average molecular weight is 362 g/mol. The van der Waals surface area contributed by atoms with Gasteiger partial charge in [-0.25, -0.2) is 0 Å². The molecule has 0 fully saturated rings. The van der Waals surface area contributed by atoms with E-state index in [-0.39, 0.29) is 5.41 Å². The molecule has 1 heteroatoms. The molecule has 26 heavy (non-hydrogen) atoms. The molecule has 152 valence electrons. The van der Waals surface area contributed by atoms with Crippen LogP contribution in [0.3, 0.4) is 0 Å². The molecule has 0 radical (unpaired) electrons. The Hall–Kier alpha value is -0.720. The highest BCUT2D eigenvalue weighted by Crippen LogP contribution is 2.28. The van der Waals surface area contributed by atoms with Gasteiger partial charge in [0, 0.05) is 13.1 Å². The minimum Gasteiger partial charge on any atom is -0.374 e. The summed E-state index contributed by atoms with van der Waals surface area (Å²) in [4.78, 5) is 2.47. The predicted molar refractivity (Wildman–Crippen MR) is 119 cm³/mol. The van der Waals surface area contributed by atoms with Gasteiger partial charge in [0.1, 0.15) is 0 Å². The van der Waals surface area contributed by atoms with Crippen LogP contribution in [-0.2, 0) is 0 Å². The molecule has 1 aliphatic rings. The van der Waals surface area contributed by atoms with Crippen LogP contribution in [0.15, 0.2) is 23.9 Å². The number of rotatable bonds is 15. The summed E-state index contributed by atoms with van der Waals surface area (Å²) >= 11 is 0. The van der Waals surface area contributed by atoms with Crippen molar-refractivity contribution >= 4 is 0 Å². The van der Waals surface area contributed by atoms with E-state index in [0.717, 1.165) is 6.54 Å². The average Bonchev–Trinajstić information content (AvgIpc) is 2.61. The Morgan fingerprint density at radius 3 is 1.58 bits per heavy atom. The summed E-state index contributed by atoms with van der Waals surface area (Å²) in [5.74, 6) is 0. The van der Waals surface area contributed by atoms with Crippen LogP contribution in [0.2, 0.25) is 0 Å². The van der Waals surface area contributed by atoms with Crippen LogP contribution < -0.4 is 0 Å². The van der Waals surface area contributed by atoms with Crippen molar-refractivity contribution in [2.24, 2.45) is 5.41 Å². The highest BCUT2D eigenvalue weighted by atomic mass is 15.1. The maximum absolute atomic E-state index is 2.47. The summed E-state index contributed by atoms with van der Waals surface area (Å²) in [5.41, 5.74) is 1.77. The first-order valence-electron chi connectivity index (χ1n) is 11.7. The second kappa shape index (κ2) is 14.4. The van der Waals surface area contributed by atoms with Crippen molar-refractivity contribution in [2.75, 3.05) is 13.1 Å². The Morgan fingerprint density at radius 2 is 1.19 bits per heavy atom.